The normalized spacial score (nSPS) is 11.7. The minimum absolute atomic E-state index is 0.184. The van der Waals surface area contributed by atoms with Crippen molar-refractivity contribution < 1.29 is 15.0 Å². The summed E-state index contributed by atoms with van der Waals surface area (Å²) in [6.07, 6.45) is 3.53. The van der Waals surface area contributed by atoms with E-state index in [0.717, 1.165) is 36.7 Å². The molecule has 20 heavy (non-hydrogen) atoms. The first-order chi connectivity index (χ1) is 9.54. The molecule has 0 aliphatic rings. The first kappa shape index (κ1) is 16.4. The molecule has 0 aliphatic heterocycles. The minimum atomic E-state index is -0.944. The minimum Gasteiger partial charge on any atom is -0.478 e. The first-order valence-corrected chi connectivity index (χ1v) is 6.88. The molecule has 1 aromatic carbocycles. The lowest BCUT2D eigenvalue weighted by Crippen LogP contribution is -2.32. The average Bonchev–Trinajstić information content (AvgIpc) is 2.41. The fraction of sp³-hybridized carbons (Fsp3) is 0.438. The van der Waals surface area contributed by atoms with E-state index in [1.165, 1.54) is 0 Å². The van der Waals surface area contributed by atoms with Gasteiger partial charge >= 0.3 is 5.97 Å². The van der Waals surface area contributed by atoms with E-state index < -0.39 is 5.97 Å². The number of rotatable bonds is 8. The Labute approximate surface area is 120 Å². The number of aliphatic hydroxyl groups excluding tert-OH is 1. The highest BCUT2D eigenvalue weighted by Gasteiger charge is 2.11. The van der Waals surface area contributed by atoms with Crippen molar-refractivity contribution in [3.05, 3.63) is 41.5 Å². The van der Waals surface area contributed by atoms with Crippen molar-refractivity contribution in [2.75, 3.05) is 13.2 Å². The van der Waals surface area contributed by atoms with E-state index in [2.05, 4.69) is 18.7 Å². The fourth-order valence-electron chi connectivity index (χ4n) is 2.01. The lowest BCUT2D eigenvalue weighted by Gasteiger charge is -2.27. The van der Waals surface area contributed by atoms with Crippen molar-refractivity contribution in [2.24, 2.45) is 0 Å². The average molecular weight is 277 g/mol. The molecule has 0 aromatic heterocycles. The second kappa shape index (κ2) is 8.51. The van der Waals surface area contributed by atoms with Crippen LogP contribution in [0, 0.1) is 0 Å². The molecule has 0 fully saturated rings. The van der Waals surface area contributed by atoms with E-state index >= 15 is 0 Å². The van der Waals surface area contributed by atoms with Crippen LogP contribution in [-0.4, -0.2) is 40.3 Å². The molecule has 0 bridgehead atoms. The molecule has 1 aromatic rings. The topological polar surface area (TPSA) is 60.8 Å². The Morgan fingerprint density at radius 1 is 1.35 bits per heavy atom. The van der Waals surface area contributed by atoms with Crippen molar-refractivity contribution in [3.8, 4) is 0 Å². The van der Waals surface area contributed by atoms with Gasteiger partial charge in [-0.1, -0.05) is 24.3 Å². The van der Waals surface area contributed by atoms with Crippen LogP contribution >= 0.6 is 0 Å². The van der Waals surface area contributed by atoms with Gasteiger partial charge in [0.25, 0.3) is 0 Å². The van der Waals surface area contributed by atoms with E-state index in [1.807, 2.05) is 24.3 Å². The predicted octanol–water partition coefficient (Wildman–Crippen LogP) is 2.38. The van der Waals surface area contributed by atoms with Gasteiger partial charge in [0.2, 0.25) is 0 Å². The van der Waals surface area contributed by atoms with Crippen molar-refractivity contribution in [2.45, 2.75) is 32.9 Å². The maximum Gasteiger partial charge on any atom is 0.328 e. The van der Waals surface area contributed by atoms with Crippen LogP contribution in [0.2, 0.25) is 0 Å². The lowest BCUT2D eigenvalue weighted by molar-refractivity contribution is -0.131. The number of carboxylic acid groups (broad SMARTS) is 1. The van der Waals surface area contributed by atoms with Crippen LogP contribution in [0.3, 0.4) is 0 Å². The number of carboxylic acids is 1. The number of hydrogen-bond acceptors (Lipinski definition) is 3. The summed E-state index contributed by atoms with van der Waals surface area (Å²) in [4.78, 5) is 12.9. The van der Waals surface area contributed by atoms with Crippen LogP contribution < -0.4 is 0 Å². The van der Waals surface area contributed by atoms with Gasteiger partial charge in [-0.05, 0) is 37.5 Å². The zero-order valence-electron chi connectivity index (χ0n) is 12.1. The van der Waals surface area contributed by atoms with E-state index in [1.54, 1.807) is 6.08 Å². The third kappa shape index (κ3) is 5.55. The molecule has 0 atom stereocenters. The summed E-state index contributed by atoms with van der Waals surface area (Å²) in [6.45, 7) is 5.99. The Morgan fingerprint density at radius 3 is 2.65 bits per heavy atom. The van der Waals surface area contributed by atoms with Crippen LogP contribution in [0.5, 0.6) is 0 Å². The van der Waals surface area contributed by atoms with Gasteiger partial charge in [0, 0.05) is 31.8 Å². The Kier molecular flexibility index (Phi) is 6.98. The molecule has 2 N–H and O–H groups in total. The van der Waals surface area contributed by atoms with Crippen molar-refractivity contribution in [3.63, 3.8) is 0 Å². The second-order valence-corrected chi connectivity index (χ2v) is 5.01. The fourth-order valence-corrected chi connectivity index (χ4v) is 2.01. The summed E-state index contributed by atoms with van der Waals surface area (Å²) in [7, 11) is 0. The van der Waals surface area contributed by atoms with Crippen LogP contribution in [0.15, 0.2) is 30.3 Å². The van der Waals surface area contributed by atoms with E-state index in [9.17, 15) is 4.79 Å². The molecule has 0 saturated heterocycles. The SMILES string of the molecule is CC(C)N(CCCO)Cc1ccccc1C=CC(=O)O. The third-order valence-corrected chi connectivity index (χ3v) is 3.17. The van der Waals surface area contributed by atoms with Crippen molar-refractivity contribution in [1.29, 1.82) is 0 Å². The molecule has 0 aliphatic carbocycles. The molecule has 4 heteroatoms. The third-order valence-electron chi connectivity index (χ3n) is 3.17. The van der Waals surface area contributed by atoms with Crippen LogP contribution in [0.1, 0.15) is 31.4 Å². The number of aliphatic hydroxyl groups is 1. The lowest BCUT2D eigenvalue weighted by atomic mass is 10.1. The van der Waals surface area contributed by atoms with Gasteiger partial charge in [0.05, 0.1) is 0 Å². The summed E-state index contributed by atoms with van der Waals surface area (Å²) >= 11 is 0. The number of benzene rings is 1. The van der Waals surface area contributed by atoms with Gasteiger partial charge in [0.15, 0.2) is 0 Å². The van der Waals surface area contributed by atoms with Crippen molar-refractivity contribution >= 4 is 12.0 Å². The van der Waals surface area contributed by atoms with Crippen LogP contribution in [-0.2, 0) is 11.3 Å². The highest BCUT2D eigenvalue weighted by Crippen LogP contribution is 2.15. The molecule has 0 heterocycles. The Hall–Kier alpha value is -1.65. The zero-order chi connectivity index (χ0) is 15.0. The maximum atomic E-state index is 10.6. The monoisotopic (exact) mass is 277 g/mol. The first-order valence-electron chi connectivity index (χ1n) is 6.88. The molecular formula is C16H23NO3. The molecule has 0 spiro atoms. The van der Waals surface area contributed by atoms with Gasteiger partial charge in [-0.25, -0.2) is 4.79 Å². The predicted molar refractivity (Wildman–Crippen MR) is 80.4 cm³/mol. The number of carbonyl (C=O) groups is 1. The Morgan fingerprint density at radius 2 is 2.05 bits per heavy atom. The second-order valence-electron chi connectivity index (χ2n) is 5.01. The maximum absolute atomic E-state index is 10.6. The van der Waals surface area contributed by atoms with E-state index in [-0.39, 0.29) is 6.61 Å². The molecule has 0 saturated carbocycles. The molecule has 1 rings (SSSR count). The molecule has 110 valence electrons. The molecule has 0 radical (unpaired) electrons. The summed E-state index contributed by atoms with van der Waals surface area (Å²) in [5.41, 5.74) is 2.01. The highest BCUT2D eigenvalue weighted by atomic mass is 16.4. The van der Waals surface area contributed by atoms with Gasteiger partial charge in [-0.15, -0.1) is 0 Å². The summed E-state index contributed by atoms with van der Waals surface area (Å²) < 4.78 is 0. The van der Waals surface area contributed by atoms with Gasteiger partial charge in [-0.3, -0.25) is 4.90 Å². The standard InChI is InChI=1S/C16H23NO3/c1-13(2)17(10-5-11-18)12-15-7-4-3-6-14(15)8-9-16(19)20/h3-4,6-9,13,18H,5,10-12H2,1-2H3,(H,19,20). The van der Waals surface area contributed by atoms with Crippen LogP contribution in [0.25, 0.3) is 6.08 Å². The number of aliphatic carboxylic acids is 1. The summed E-state index contributed by atoms with van der Waals surface area (Å²) in [5.74, 6) is -0.944. The molecular weight excluding hydrogens is 254 g/mol. The zero-order valence-corrected chi connectivity index (χ0v) is 12.1. The summed E-state index contributed by atoms with van der Waals surface area (Å²) in [6, 6.07) is 8.16. The molecule has 0 unspecified atom stereocenters. The van der Waals surface area contributed by atoms with E-state index in [4.69, 9.17) is 10.2 Å². The van der Waals surface area contributed by atoms with Gasteiger partial charge in [0.1, 0.15) is 0 Å². The smallest absolute Gasteiger partial charge is 0.328 e. The quantitative estimate of drug-likeness (QED) is 0.716. The molecule has 0 amide bonds. The Bertz CT molecular complexity index is 455. The van der Waals surface area contributed by atoms with Gasteiger partial charge < -0.3 is 10.2 Å². The van der Waals surface area contributed by atoms with Crippen molar-refractivity contribution in [1.82, 2.24) is 4.90 Å². The van der Waals surface area contributed by atoms with Crippen LogP contribution in [0.4, 0.5) is 0 Å². The molecule has 4 nitrogen and oxygen atoms in total. The number of hydrogen-bond donors (Lipinski definition) is 2. The number of nitrogens with zero attached hydrogens (tertiary/aromatic N) is 1. The highest BCUT2D eigenvalue weighted by molar-refractivity contribution is 5.85. The largest absolute Gasteiger partial charge is 0.478 e. The Balaban J connectivity index is 2.86. The summed E-state index contributed by atoms with van der Waals surface area (Å²) in [5, 5.41) is 17.7. The van der Waals surface area contributed by atoms with E-state index in [0.29, 0.717) is 6.04 Å². The van der Waals surface area contributed by atoms with Gasteiger partial charge in [-0.2, -0.15) is 0 Å².